The van der Waals surface area contributed by atoms with Gasteiger partial charge in [0.05, 0.1) is 11.4 Å². The van der Waals surface area contributed by atoms with Crippen LogP contribution in [0.25, 0.3) is 0 Å². The molecule has 1 amide bonds. The number of aromatic nitrogens is 2. The third kappa shape index (κ3) is 6.17. The van der Waals surface area contributed by atoms with E-state index in [1.165, 1.54) is 12.1 Å². The minimum absolute atomic E-state index is 0.141. The number of H-pyrrole nitrogens is 1. The van der Waals surface area contributed by atoms with Gasteiger partial charge < -0.3 is 10.3 Å². The second-order valence-electron chi connectivity index (χ2n) is 5.34. The maximum absolute atomic E-state index is 13.5. The van der Waals surface area contributed by atoms with Gasteiger partial charge in [0.2, 0.25) is 5.91 Å². The van der Waals surface area contributed by atoms with Gasteiger partial charge in [-0.2, -0.15) is 11.8 Å². The number of carbonyl (C=O) groups is 1. The Morgan fingerprint density at radius 2 is 2.00 bits per heavy atom. The third-order valence-corrected chi connectivity index (χ3v) is 4.91. The van der Waals surface area contributed by atoms with Crippen molar-refractivity contribution in [3.63, 3.8) is 0 Å². The average molecular weight is 385 g/mol. The van der Waals surface area contributed by atoms with E-state index in [9.17, 15) is 18.4 Å². The number of benzene rings is 1. The summed E-state index contributed by atoms with van der Waals surface area (Å²) < 4.78 is 27.0. The molecule has 2 N–H and O–H groups in total. The van der Waals surface area contributed by atoms with Crippen LogP contribution in [0.1, 0.15) is 19.5 Å². The molecule has 0 fully saturated rings. The molecular weight excluding hydrogens is 368 g/mol. The second kappa shape index (κ2) is 9.00. The molecule has 0 atom stereocenters. The van der Waals surface area contributed by atoms with Crippen molar-refractivity contribution in [2.45, 2.75) is 30.0 Å². The first kappa shape index (κ1) is 19.5. The van der Waals surface area contributed by atoms with Gasteiger partial charge >= 0.3 is 0 Å². The molecule has 0 saturated carbocycles. The van der Waals surface area contributed by atoms with E-state index >= 15 is 0 Å². The summed E-state index contributed by atoms with van der Waals surface area (Å²) in [6, 6.07) is 4.74. The van der Waals surface area contributed by atoms with Crippen LogP contribution in [0.2, 0.25) is 0 Å². The SMILES string of the molecule is CC(C)SCc1cc(=O)[nH]c(SCC(=O)Nc2c(F)cccc2F)n1. The molecule has 0 saturated heterocycles. The van der Waals surface area contributed by atoms with E-state index in [-0.39, 0.29) is 16.5 Å². The quantitative estimate of drug-likeness (QED) is 0.564. The van der Waals surface area contributed by atoms with Gasteiger partial charge in [-0.1, -0.05) is 31.7 Å². The van der Waals surface area contributed by atoms with Crippen molar-refractivity contribution in [2.75, 3.05) is 11.1 Å². The lowest BCUT2D eigenvalue weighted by Crippen LogP contribution is -2.17. The molecule has 134 valence electrons. The summed E-state index contributed by atoms with van der Waals surface area (Å²) in [5.74, 6) is -1.85. The normalized spacial score (nSPS) is 10.9. The molecule has 25 heavy (non-hydrogen) atoms. The van der Waals surface area contributed by atoms with Crippen LogP contribution in [0, 0.1) is 11.6 Å². The van der Waals surface area contributed by atoms with E-state index in [0.29, 0.717) is 16.7 Å². The van der Waals surface area contributed by atoms with Crippen molar-refractivity contribution < 1.29 is 13.6 Å². The maximum atomic E-state index is 13.5. The van der Waals surface area contributed by atoms with Gasteiger partial charge in [-0.15, -0.1) is 0 Å². The summed E-state index contributed by atoms with van der Waals surface area (Å²) in [6.45, 7) is 4.08. The van der Waals surface area contributed by atoms with Gasteiger partial charge in [0.25, 0.3) is 5.56 Å². The Labute approximate surface area is 152 Å². The summed E-state index contributed by atoms with van der Waals surface area (Å²) in [7, 11) is 0. The number of nitrogens with one attached hydrogen (secondary N) is 2. The Hall–Kier alpha value is -1.87. The van der Waals surface area contributed by atoms with Crippen LogP contribution in [-0.2, 0) is 10.5 Å². The van der Waals surface area contributed by atoms with Crippen molar-refractivity contribution in [1.29, 1.82) is 0 Å². The zero-order valence-corrected chi connectivity index (χ0v) is 15.3. The lowest BCUT2D eigenvalue weighted by atomic mass is 10.3. The van der Waals surface area contributed by atoms with E-state index in [1.807, 2.05) is 13.8 Å². The van der Waals surface area contributed by atoms with Gasteiger partial charge in [-0.05, 0) is 17.4 Å². The molecule has 0 radical (unpaired) electrons. The van der Waals surface area contributed by atoms with Gasteiger partial charge in [-0.3, -0.25) is 9.59 Å². The Bertz CT molecular complexity index is 792. The van der Waals surface area contributed by atoms with Crippen molar-refractivity contribution in [3.8, 4) is 0 Å². The van der Waals surface area contributed by atoms with Crippen molar-refractivity contribution in [1.82, 2.24) is 9.97 Å². The van der Waals surface area contributed by atoms with Crippen molar-refractivity contribution in [3.05, 3.63) is 51.9 Å². The first-order valence-electron chi connectivity index (χ1n) is 7.43. The van der Waals surface area contributed by atoms with Crippen LogP contribution < -0.4 is 10.9 Å². The van der Waals surface area contributed by atoms with Crippen LogP contribution >= 0.6 is 23.5 Å². The highest BCUT2D eigenvalue weighted by Gasteiger charge is 2.13. The number of amides is 1. The number of thioether (sulfide) groups is 2. The van der Waals surface area contributed by atoms with E-state index in [1.54, 1.807) is 11.8 Å². The summed E-state index contributed by atoms with van der Waals surface area (Å²) >= 11 is 2.63. The van der Waals surface area contributed by atoms with E-state index < -0.39 is 23.2 Å². The summed E-state index contributed by atoms with van der Waals surface area (Å²) in [5, 5.41) is 2.87. The number of carbonyl (C=O) groups excluding carboxylic acids is 1. The molecule has 1 aromatic heterocycles. The molecule has 0 aliphatic carbocycles. The highest BCUT2D eigenvalue weighted by atomic mass is 32.2. The highest BCUT2D eigenvalue weighted by molar-refractivity contribution is 7.99. The fourth-order valence-corrected chi connectivity index (χ4v) is 3.15. The molecule has 2 aromatic rings. The van der Waals surface area contributed by atoms with Gasteiger partial charge in [0.1, 0.15) is 17.3 Å². The minimum atomic E-state index is -0.849. The zero-order chi connectivity index (χ0) is 18.4. The van der Waals surface area contributed by atoms with Crippen molar-refractivity contribution >= 4 is 35.1 Å². The van der Waals surface area contributed by atoms with Crippen LogP contribution in [-0.4, -0.2) is 26.9 Å². The molecule has 5 nitrogen and oxygen atoms in total. The van der Waals surface area contributed by atoms with Gasteiger partial charge in [0.15, 0.2) is 5.16 Å². The fraction of sp³-hybridized carbons (Fsp3) is 0.312. The molecule has 0 aliphatic heterocycles. The molecule has 0 bridgehead atoms. The van der Waals surface area contributed by atoms with E-state index in [2.05, 4.69) is 15.3 Å². The molecule has 0 aliphatic rings. The summed E-state index contributed by atoms with van der Waals surface area (Å²) in [5.41, 5.74) is -0.181. The van der Waals surface area contributed by atoms with Crippen LogP contribution in [0.4, 0.5) is 14.5 Å². The molecule has 0 spiro atoms. The molecule has 1 aromatic carbocycles. The van der Waals surface area contributed by atoms with Crippen LogP contribution in [0.15, 0.2) is 34.2 Å². The lowest BCUT2D eigenvalue weighted by molar-refractivity contribution is -0.113. The zero-order valence-electron chi connectivity index (χ0n) is 13.6. The molecule has 2 rings (SSSR count). The number of halogens is 2. The largest absolute Gasteiger partial charge is 0.320 e. The number of hydrogen-bond donors (Lipinski definition) is 2. The molecule has 9 heteroatoms. The number of rotatable bonds is 7. The predicted molar refractivity (Wildman–Crippen MR) is 97.0 cm³/mol. The first-order chi connectivity index (χ1) is 11.8. The highest BCUT2D eigenvalue weighted by Crippen LogP contribution is 2.20. The molecular formula is C16H17F2N3O2S2. The average Bonchev–Trinajstić information content (AvgIpc) is 2.54. The molecule has 0 unspecified atom stereocenters. The number of para-hydroxylation sites is 1. The Balaban J connectivity index is 1.98. The second-order valence-corrected chi connectivity index (χ2v) is 7.86. The fourth-order valence-electron chi connectivity index (χ4n) is 1.80. The summed E-state index contributed by atoms with van der Waals surface area (Å²) in [4.78, 5) is 30.4. The first-order valence-corrected chi connectivity index (χ1v) is 9.47. The maximum Gasteiger partial charge on any atom is 0.251 e. The van der Waals surface area contributed by atoms with Gasteiger partial charge in [0, 0.05) is 11.8 Å². The number of anilines is 1. The Morgan fingerprint density at radius 3 is 2.64 bits per heavy atom. The molecule has 1 heterocycles. The Kier molecular flexibility index (Phi) is 7.01. The van der Waals surface area contributed by atoms with Crippen LogP contribution in [0.3, 0.4) is 0 Å². The lowest BCUT2D eigenvalue weighted by Gasteiger charge is -2.08. The van der Waals surface area contributed by atoms with Crippen LogP contribution in [0.5, 0.6) is 0 Å². The minimum Gasteiger partial charge on any atom is -0.320 e. The standard InChI is InChI=1S/C16H17F2N3O2S2/c1-9(2)24-7-10-6-13(22)21-16(19-10)25-8-14(23)20-15-11(17)4-3-5-12(15)18/h3-6,9H,7-8H2,1-2H3,(H,20,23)(H,19,21,22). The number of hydrogen-bond acceptors (Lipinski definition) is 5. The Morgan fingerprint density at radius 1 is 1.32 bits per heavy atom. The monoisotopic (exact) mass is 385 g/mol. The van der Waals surface area contributed by atoms with Crippen molar-refractivity contribution in [2.24, 2.45) is 0 Å². The third-order valence-electron chi connectivity index (χ3n) is 2.90. The van der Waals surface area contributed by atoms with E-state index in [0.717, 1.165) is 23.9 Å². The summed E-state index contributed by atoms with van der Waals surface area (Å²) in [6.07, 6.45) is 0. The smallest absolute Gasteiger partial charge is 0.251 e. The van der Waals surface area contributed by atoms with Gasteiger partial charge in [-0.25, -0.2) is 13.8 Å². The number of aromatic amines is 1. The van der Waals surface area contributed by atoms with E-state index in [4.69, 9.17) is 0 Å². The topological polar surface area (TPSA) is 74.8 Å². The number of nitrogens with zero attached hydrogens (tertiary/aromatic N) is 1. The predicted octanol–water partition coefficient (Wildman–Crippen LogP) is 3.42.